The maximum atomic E-state index is 6.25. The van der Waals surface area contributed by atoms with Gasteiger partial charge in [-0.2, -0.15) is 0 Å². The normalized spacial score (nSPS) is 11.1. The Balaban J connectivity index is 2.15. The van der Waals surface area contributed by atoms with E-state index in [0.717, 1.165) is 36.0 Å². The van der Waals surface area contributed by atoms with Gasteiger partial charge in [-0.25, -0.2) is 4.98 Å². The number of aromatic nitrogens is 1. The third-order valence-corrected chi connectivity index (χ3v) is 4.46. The van der Waals surface area contributed by atoms with E-state index in [1.165, 1.54) is 4.88 Å². The average molecular weight is 324 g/mol. The fourth-order valence-corrected chi connectivity index (χ4v) is 2.93. The minimum Gasteiger partial charge on any atom is -0.352 e. The van der Waals surface area contributed by atoms with Crippen LogP contribution >= 0.6 is 22.9 Å². The van der Waals surface area contributed by atoms with Gasteiger partial charge in [0.2, 0.25) is 0 Å². The average Bonchev–Trinajstić information content (AvgIpc) is 2.97. The van der Waals surface area contributed by atoms with E-state index in [1.54, 1.807) is 17.5 Å². The quantitative estimate of drug-likeness (QED) is 0.822. The van der Waals surface area contributed by atoms with Crippen molar-refractivity contribution in [1.29, 1.82) is 0 Å². The first-order chi connectivity index (χ1) is 10.1. The van der Waals surface area contributed by atoms with Gasteiger partial charge in [0.1, 0.15) is 5.82 Å². The number of anilines is 1. The molecule has 0 aromatic carbocycles. The second-order valence-electron chi connectivity index (χ2n) is 5.26. The summed E-state index contributed by atoms with van der Waals surface area (Å²) in [5.74, 6) is 0.982. The second kappa shape index (κ2) is 7.78. The summed E-state index contributed by atoms with van der Waals surface area (Å²) in [6, 6.07) is 6.77. The summed E-state index contributed by atoms with van der Waals surface area (Å²) in [7, 11) is 0. The summed E-state index contributed by atoms with van der Waals surface area (Å²) in [4.78, 5) is 8.10. The molecule has 5 heteroatoms. The van der Waals surface area contributed by atoms with Crippen molar-refractivity contribution in [2.75, 3.05) is 11.4 Å². The molecule has 0 aliphatic heterocycles. The molecule has 114 valence electrons. The molecule has 0 bridgehead atoms. The lowest BCUT2D eigenvalue weighted by atomic mass is 10.2. The molecule has 21 heavy (non-hydrogen) atoms. The van der Waals surface area contributed by atoms with E-state index in [2.05, 4.69) is 59.6 Å². The number of pyridine rings is 1. The fourth-order valence-electron chi connectivity index (χ4n) is 2.04. The number of nitrogens with zero attached hydrogens (tertiary/aromatic N) is 2. The van der Waals surface area contributed by atoms with E-state index in [-0.39, 0.29) is 0 Å². The van der Waals surface area contributed by atoms with Gasteiger partial charge in [0.05, 0.1) is 11.6 Å². The zero-order valence-electron chi connectivity index (χ0n) is 12.8. The molecular weight excluding hydrogens is 302 g/mol. The molecule has 1 N–H and O–H groups in total. The van der Waals surface area contributed by atoms with Gasteiger partial charge in [0.25, 0.3) is 0 Å². The van der Waals surface area contributed by atoms with E-state index in [1.807, 2.05) is 0 Å². The highest BCUT2D eigenvalue weighted by Crippen LogP contribution is 2.23. The molecule has 0 radical (unpaired) electrons. The molecule has 0 spiro atoms. The van der Waals surface area contributed by atoms with Crippen LogP contribution in [0, 0.1) is 0 Å². The van der Waals surface area contributed by atoms with E-state index >= 15 is 0 Å². The maximum Gasteiger partial charge on any atom is 0.129 e. The van der Waals surface area contributed by atoms with Crippen LogP contribution in [0.1, 0.15) is 31.2 Å². The number of hydrogen-bond acceptors (Lipinski definition) is 4. The minimum atomic E-state index is 0.436. The molecule has 0 amide bonds. The van der Waals surface area contributed by atoms with Crippen molar-refractivity contribution < 1.29 is 0 Å². The molecule has 0 aliphatic carbocycles. The summed E-state index contributed by atoms with van der Waals surface area (Å²) >= 11 is 8.03. The number of hydrogen-bond donors (Lipinski definition) is 1. The van der Waals surface area contributed by atoms with Crippen molar-refractivity contribution >= 4 is 28.8 Å². The Kier molecular flexibility index (Phi) is 6.03. The van der Waals surface area contributed by atoms with Crippen molar-refractivity contribution in [3.05, 3.63) is 45.2 Å². The van der Waals surface area contributed by atoms with Gasteiger partial charge in [0, 0.05) is 30.2 Å². The lowest BCUT2D eigenvalue weighted by Gasteiger charge is -2.22. The first-order valence-corrected chi connectivity index (χ1v) is 8.51. The maximum absolute atomic E-state index is 6.25. The summed E-state index contributed by atoms with van der Waals surface area (Å²) in [6.07, 6.45) is 1.76. The van der Waals surface area contributed by atoms with Crippen LogP contribution in [0.15, 0.2) is 29.8 Å². The van der Waals surface area contributed by atoms with Crippen LogP contribution in [0.3, 0.4) is 0 Å². The molecule has 0 saturated heterocycles. The SMILES string of the molecule is CCN(Cc1cccs1)c1cc(CNC(C)C)c(Cl)cn1. The highest BCUT2D eigenvalue weighted by atomic mass is 35.5. The lowest BCUT2D eigenvalue weighted by Crippen LogP contribution is -2.24. The molecule has 2 rings (SSSR count). The summed E-state index contributed by atoms with van der Waals surface area (Å²) in [6.45, 7) is 8.98. The van der Waals surface area contributed by atoms with E-state index in [9.17, 15) is 0 Å². The Bertz CT molecular complexity index is 555. The Labute approximate surface area is 136 Å². The molecule has 2 aromatic rings. The van der Waals surface area contributed by atoms with Crippen molar-refractivity contribution in [2.45, 2.75) is 39.9 Å². The Hall–Kier alpha value is -1.10. The highest BCUT2D eigenvalue weighted by molar-refractivity contribution is 7.09. The largest absolute Gasteiger partial charge is 0.352 e. The summed E-state index contributed by atoms with van der Waals surface area (Å²) in [5, 5.41) is 6.23. The molecule has 3 nitrogen and oxygen atoms in total. The number of halogens is 1. The molecule has 0 saturated carbocycles. The van der Waals surface area contributed by atoms with Gasteiger partial charge < -0.3 is 10.2 Å². The number of rotatable bonds is 7. The Morgan fingerprint density at radius 1 is 1.43 bits per heavy atom. The van der Waals surface area contributed by atoms with Gasteiger partial charge in [-0.3, -0.25) is 0 Å². The second-order valence-corrected chi connectivity index (χ2v) is 6.70. The third kappa shape index (κ3) is 4.70. The standard InChI is InChI=1S/C16H22ClN3S/c1-4-20(11-14-6-5-7-21-14)16-8-13(9-18-12(2)3)15(17)10-19-16/h5-8,10,12,18H,4,9,11H2,1-3H3. The Morgan fingerprint density at radius 2 is 2.24 bits per heavy atom. The van der Waals surface area contributed by atoms with Crippen molar-refractivity contribution in [2.24, 2.45) is 0 Å². The van der Waals surface area contributed by atoms with Crippen LogP contribution in [-0.4, -0.2) is 17.6 Å². The van der Waals surface area contributed by atoms with Crippen LogP contribution in [0.2, 0.25) is 5.02 Å². The Morgan fingerprint density at radius 3 is 2.86 bits per heavy atom. The molecular formula is C16H22ClN3S. The predicted octanol–water partition coefficient (Wildman–Crippen LogP) is 4.32. The summed E-state index contributed by atoms with van der Waals surface area (Å²) in [5.41, 5.74) is 1.10. The van der Waals surface area contributed by atoms with Gasteiger partial charge in [-0.15, -0.1) is 11.3 Å². The minimum absolute atomic E-state index is 0.436. The van der Waals surface area contributed by atoms with Crippen molar-refractivity contribution in [3.63, 3.8) is 0 Å². The van der Waals surface area contributed by atoms with E-state index in [4.69, 9.17) is 11.6 Å². The first-order valence-electron chi connectivity index (χ1n) is 7.25. The zero-order valence-corrected chi connectivity index (χ0v) is 14.3. The number of nitrogens with one attached hydrogen (secondary N) is 1. The van der Waals surface area contributed by atoms with Crippen LogP contribution in [0.25, 0.3) is 0 Å². The monoisotopic (exact) mass is 323 g/mol. The van der Waals surface area contributed by atoms with E-state index < -0.39 is 0 Å². The smallest absolute Gasteiger partial charge is 0.129 e. The first kappa shape index (κ1) is 16.3. The fraction of sp³-hybridized carbons (Fsp3) is 0.438. The van der Waals surface area contributed by atoms with Crippen LogP contribution in [0.5, 0.6) is 0 Å². The molecule has 0 aliphatic rings. The molecule has 0 atom stereocenters. The van der Waals surface area contributed by atoms with Gasteiger partial charge in [0.15, 0.2) is 0 Å². The highest BCUT2D eigenvalue weighted by Gasteiger charge is 2.10. The molecule has 0 fully saturated rings. The topological polar surface area (TPSA) is 28.2 Å². The third-order valence-electron chi connectivity index (χ3n) is 3.25. The van der Waals surface area contributed by atoms with Crippen molar-refractivity contribution in [1.82, 2.24) is 10.3 Å². The van der Waals surface area contributed by atoms with Crippen LogP contribution < -0.4 is 10.2 Å². The van der Waals surface area contributed by atoms with Crippen LogP contribution in [0.4, 0.5) is 5.82 Å². The van der Waals surface area contributed by atoms with Gasteiger partial charge in [-0.1, -0.05) is 31.5 Å². The predicted molar refractivity (Wildman–Crippen MR) is 92.3 cm³/mol. The van der Waals surface area contributed by atoms with E-state index in [0.29, 0.717) is 6.04 Å². The van der Waals surface area contributed by atoms with Crippen LogP contribution in [-0.2, 0) is 13.1 Å². The molecule has 2 heterocycles. The summed E-state index contributed by atoms with van der Waals surface area (Å²) < 4.78 is 0. The van der Waals surface area contributed by atoms with Gasteiger partial charge in [-0.05, 0) is 30.0 Å². The lowest BCUT2D eigenvalue weighted by molar-refractivity contribution is 0.588. The van der Waals surface area contributed by atoms with Gasteiger partial charge >= 0.3 is 0 Å². The number of thiophene rings is 1. The molecule has 0 unspecified atom stereocenters. The zero-order chi connectivity index (χ0) is 15.2. The van der Waals surface area contributed by atoms with Crippen molar-refractivity contribution in [3.8, 4) is 0 Å². The molecule has 2 aromatic heterocycles.